The zero-order valence-corrected chi connectivity index (χ0v) is 16.6. The van der Waals surface area contributed by atoms with Gasteiger partial charge in [0.1, 0.15) is 5.52 Å². The van der Waals surface area contributed by atoms with Gasteiger partial charge in [0.05, 0.1) is 19.1 Å². The molecular formula is C19H20N4O4S. The molecule has 9 heteroatoms. The van der Waals surface area contributed by atoms with E-state index in [-0.39, 0.29) is 11.4 Å². The molecule has 3 rings (SSSR count). The molecule has 3 aromatic rings. The van der Waals surface area contributed by atoms with Crippen LogP contribution < -0.4 is 9.47 Å². The number of hydrogen-bond acceptors (Lipinski definition) is 5. The molecule has 0 N–H and O–H groups in total. The Morgan fingerprint density at radius 3 is 2.43 bits per heavy atom. The first-order valence-corrected chi connectivity index (χ1v) is 9.96. The summed E-state index contributed by atoms with van der Waals surface area (Å²) in [5.74, 6) is 0.751. The van der Waals surface area contributed by atoms with Crippen LogP contribution >= 0.6 is 0 Å². The van der Waals surface area contributed by atoms with E-state index in [4.69, 9.17) is 15.0 Å². The van der Waals surface area contributed by atoms with Gasteiger partial charge in [-0.2, -0.15) is 0 Å². The van der Waals surface area contributed by atoms with Gasteiger partial charge in [-0.15, -0.1) is 0 Å². The second-order valence-electron chi connectivity index (χ2n) is 6.17. The van der Waals surface area contributed by atoms with Crippen LogP contribution in [0.2, 0.25) is 0 Å². The lowest BCUT2D eigenvalue weighted by Gasteiger charge is -2.13. The predicted molar refractivity (Wildman–Crippen MR) is 107 cm³/mol. The first-order valence-electron chi connectivity index (χ1n) is 8.52. The average molecular weight is 400 g/mol. The maximum Gasteiger partial charge on any atom is 0.268 e. The Balaban J connectivity index is 2.30. The first kappa shape index (κ1) is 19.6. The normalized spacial score (nSPS) is 11.2. The molecule has 2 aromatic carbocycles. The summed E-state index contributed by atoms with van der Waals surface area (Å²) >= 11 is 0. The smallest absolute Gasteiger partial charge is 0.268 e. The van der Waals surface area contributed by atoms with Gasteiger partial charge in [0.15, 0.2) is 11.5 Å². The summed E-state index contributed by atoms with van der Waals surface area (Å²) in [5, 5.41) is 4.25. The van der Waals surface area contributed by atoms with Crippen LogP contribution in [-0.4, -0.2) is 33.2 Å². The molecule has 0 saturated heterocycles. The van der Waals surface area contributed by atoms with Gasteiger partial charge in [-0.1, -0.05) is 22.8 Å². The first-order chi connectivity index (χ1) is 13.4. The van der Waals surface area contributed by atoms with E-state index in [1.165, 1.54) is 18.2 Å². The third-order valence-electron chi connectivity index (χ3n) is 4.48. The fraction of sp³-hybridized carbons (Fsp3) is 0.263. The molecule has 0 spiro atoms. The van der Waals surface area contributed by atoms with Crippen LogP contribution in [0.25, 0.3) is 21.3 Å². The Morgan fingerprint density at radius 2 is 1.82 bits per heavy atom. The minimum atomic E-state index is -3.87. The lowest BCUT2D eigenvalue weighted by Crippen LogP contribution is -2.12. The SMILES string of the molecule is COc1ccc2c(CCN=[N+]=[N-])cn(S(=O)(=O)c3ccc(C)cc3)c2c1OC. The van der Waals surface area contributed by atoms with E-state index < -0.39 is 10.0 Å². The van der Waals surface area contributed by atoms with E-state index in [0.717, 1.165) is 11.1 Å². The summed E-state index contributed by atoms with van der Waals surface area (Å²) in [6.45, 7) is 2.11. The fourth-order valence-electron chi connectivity index (χ4n) is 3.09. The van der Waals surface area contributed by atoms with Crippen LogP contribution in [0.3, 0.4) is 0 Å². The summed E-state index contributed by atoms with van der Waals surface area (Å²) < 4.78 is 38.7. The van der Waals surface area contributed by atoms with Gasteiger partial charge in [-0.25, -0.2) is 12.4 Å². The van der Waals surface area contributed by atoms with Crippen molar-refractivity contribution >= 4 is 20.9 Å². The molecule has 1 heterocycles. The second kappa shape index (κ2) is 7.84. The molecular weight excluding hydrogens is 380 g/mol. The van der Waals surface area contributed by atoms with Crippen LogP contribution in [0.1, 0.15) is 11.1 Å². The number of azide groups is 1. The Kier molecular flexibility index (Phi) is 5.48. The van der Waals surface area contributed by atoms with Crippen LogP contribution in [0.15, 0.2) is 52.6 Å². The maximum absolute atomic E-state index is 13.4. The van der Waals surface area contributed by atoms with Crippen molar-refractivity contribution in [3.8, 4) is 11.5 Å². The maximum atomic E-state index is 13.4. The zero-order chi connectivity index (χ0) is 20.3. The fourth-order valence-corrected chi connectivity index (χ4v) is 4.49. The van der Waals surface area contributed by atoms with E-state index in [1.54, 1.807) is 42.6 Å². The molecule has 0 unspecified atom stereocenters. The van der Waals surface area contributed by atoms with Crippen molar-refractivity contribution in [3.05, 3.63) is 64.2 Å². The molecule has 0 amide bonds. The Hall–Kier alpha value is -3.16. The number of hydrogen-bond donors (Lipinski definition) is 0. The summed E-state index contributed by atoms with van der Waals surface area (Å²) in [6, 6.07) is 10.1. The molecule has 0 saturated carbocycles. The number of nitrogens with zero attached hydrogens (tertiary/aromatic N) is 4. The van der Waals surface area contributed by atoms with E-state index in [1.807, 2.05) is 6.92 Å². The van der Waals surface area contributed by atoms with Crippen LogP contribution in [0.4, 0.5) is 0 Å². The highest BCUT2D eigenvalue weighted by Crippen LogP contribution is 2.39. The third-order valence-corrected chi connectivity index (χ3v) is 6.15. The molecule has 0 bridgehead atoms. The van der Waals surface area contributed by atoms with Crippen molar-refractivity contribution in [2.75, 3.05) is 20.8 Å². The topological polar surface area (TPSA) is 106 Å². The quantitative estimate of drug-likeness (QED) is 0.339. The van der Waals surface area contributed by atoms with E-state index in [2.05, 4.69) is 10.0 Å². The van der Waals surface area contributed by atoms with Crippen molar-refractivity contribution in [1.82, 2.24) is 3.97 Å². The van der Waals surface area contributed by atoms with Crippen molar-refractivity contribution in [1.29, 1.82) is 0 Å². The zero-order valence-electron chi connectivity index (χ0n) is 15.8. The predicted octanol–water partition coefficient (Wildman–Crippen LogP) is 4.06. The molecule has 0 radical (unpaired) electrons. The average Bonchev–Trinajstić information content (AvgIpc) is 3.07. The molecule has 0 aliphatic heterocycles. The van der Waals surface area contributed by atoms with Crippen LogP contribution in [0, 0.1) is 6.92 Å². The summed E-state index contributed by atoms with van der Waals surface area (Å²) in [6.07, 6.45) is 1.95. The van der Waals surface area contributed by atoms with Crippen LogP contribution in [-0.2, 0) is 16.4 Å². The van der Waals surface area contributed by atoms with E-state index >= 15 is 0 Å². The molecule has 0 atom stereocenters. The number of benzene rings is 2. The Bertz CT molecular complexity index is 1160. The Morgan fingerprint density at radius 1 is 1.11 bits per heavy atom. The molecule has 1 aromatic heterocycles. The molecule has 0 fully saturated rings. The molecule has 0 aliphatic rings. The molecule has 8 nitrogen and oxygen atoms in total. The van der Waals surface area contributed by atoms with Gasteiger partial charge in [0.2, 0.25) is 0 Å². The van der Waals surface area contributed by atoms with Crippen LogP contribution in [0.5, 0.6) is 11.5 Å². The number of fused-ring (bicyclic) bond motifs is 1. The van der Waals surface area contributed by atoms with E-state index in [0.29, 0.717) is 28.8 Å². The molecule has 28 heavy (non-hydrogen) atoms. The highest BCUT2D eigenvalue weighted by Gasteiger charge is 2.25. The number of aryl methyl sites for hydroxylation is 1. The van der Waals surface area contributed by atoms with Gasteiger partial charge in [-0.3, -0.25) is 0 Å². The van der Waals surface area contributed by atoms with Gasteiger partial charge in [0.25, 0.3) is 10.0 Å². The van der Waals surface area contributed by atoms with Gasteiger partial charge >= 0.3 is 0 Å². The summed E-state index contributed by atoms with van der Waals surface area (Å²) in [7, 11) is -0.913. The summed E-state index contributed by atoms with van der Waals surface area (Å²) in [4.78, 5) is 2.93. The molecule has 0 aliphatic carbocycles. The van der Waals surface area contributed by atoms with Gasteiger partial charge < -0.3 is 9.47 Å². The van der Waals surface area contributed by atoms with Crippen molar-refractivity contribution in [3.63, 3.8) is 0 Å². The summed E-state index contributed by atoms with van der Waals surface area (Å²) in [5.41, 5.74) is 10.6. The lowest BCUT2D eigenvalue weighted by molar-refractivity contribution is 0.358. The third kappa shape index (κ3) is 3.37. The second-order valence-corrected chi connectivity index (χ2v) is 7.98. The van der Waals surface area contributed by atoms with E-state index in [9.17, 15) is 8.42 Å². The number of ether oxygens (including phenoxy) is 2. The van der Waals surface area contributed by atoms with Crippen molar-refractivity contribution in [2.45, 2.75) is 18.2 Å². The van der Waals surface area contributed by atoms with Crippen molar-refractivity contribution < 1.29 is 17.9 Å². The monoisotopic (exact) mass is 400 g/mol. The lowest BCUT2D eigenvalue weighted by atomic mass is 10.1. The highest BCUT2D eigenvalue weighted by molar-refractivity contribution is 7.90. The number of methoxy groups -OCH3 is 2. The largest absolute Gasteiger partial charge is 0.493 e. The van der Waals surface area contributed by atoms with Gasteiger partial charge in [0, 0.05) is 23.0 Å². The highest BCUT2D eigenvalue weighted by atomic mass is 32.2. The molecule has 146 valence electrons. The number of rotatable bonds is 7. The number of aromatic nitrogens is 1. The minimum Gasteiger partial charge on any atom is -0.493 e. The minimum absolute atomic E-state index is 0.168. The van der Waals surface area contributed by atoms with Gasteiger partial charge in [-0.05, 0) is 48.7 Å². The Labute approximate surface area is 163 Å². The van der Waals surface area contributed by atoms with Crippen molar-refractivity contribution in [2.24, 2.45) is 5.11 Å². The standard InChI is InChI=1S/C19H20N4O4S/c1-13-4-6-15(7-5-13)28(24,25)23-12-14(10-11-21-22-20)16-8-9-17(26-2)19(27-3)18(16)23/h4-9,12H,10-11H2,1-3H3.